The van der Waals surface area contributed by atoms with Crippen molar-refractivity contribution in [2.24, 2.45) is 5.10 Å². The summed E-state index contributed by atoms with van der Waals surface area (Å²) in [5, 5.41) is 7.45. The monoisotopic (exact) mass is 258 g/mol. The smallest absolute Gasteiger partial charge is 0.409 e. The number of rotatable bonds is 2. The van der Waals surface area contributed by atoms with Crippen molar-refractivity contribution in [1.29, 1.82) is 0 Å². The Morgan fingerprint density at radius 3 is 2.71 bits per heavy atom. The van der Waals surface area contributed by atoms with Gasteiger partial charge < -0.3 is 15.0 Å². The second-order valence-corrected chi connectivity index (χ2v) is 3.96. The van der Waals surface area contributed by atoms with Gasteiger partial charge in [-0.05, 0) is 19.1 Å². The van der Waals surface area contributed by atoms with E-state index in [1.165, 1.54) is 0 Å². The maximum Gasteiger partial charge on any atom is 0.409 e. The highest BCUT2D eigenvalue weighted by Crippen LogP contribution is 2.08. The van der Waals surface area contributed by atoms with E-state index in [0.29, 0.717) is 24.8 Å². The van der Waals surface area contributed by atoms with Gasteiger partial charge in [0, 0.05) is 38.7 Å². The van der Waals surface area contributed by atoms with E-state index in [2.05, 4.69) is 15.8 Å². The molecule has 1 aliphatic heterocycles. The minimum absolute atomic E-state index is 0.245. The van der Waals surface area contributed by atoms with Gasteiger partial charge in [0.05, 0.1) is 6.61 Å². The van der Waals surface area contributed by atoms with Gasteiger partial charge in [-0.3, -0.25) is 5.43 Å². The molecule has 0 radical (unpaired) electrons. The first-order valence-corrected chi connectivity index (χ1v) is 6.03. The van der Waals surface area contributed by atoms with E-state index < -0.39 is 0 Å². The van der Waals surface area contributed by atoms with Gasteiger partial charge in [-0.15, -0.1) is 0 Å². The highest BCUT2D eigenvalue weighted by Gasteiger charge is 2.20. The molecule has 7 heteroatoms. The van der Waals surface area contributed by atoms with Crippen LogP contribution in [0.15, 0.2) is 5.10 Å². The molecule has 0 aliphatic carbocycles. The maximum absolute atomic E-state index is 11.4. The van der Waals surface area contributed by atoms with Crippen molar-refractivity contribution >= 4 is 29.1 Å². The number of amides is 1. The molecule has 17 heavy (non-hydrogen) atoms. The molecule has 0 unspecified atom stereocenters. The van der Waals surface area contributed by atoms with E-state index in [-0.39, 0.29) is 6.09 Å². The van der Waals surface area contributed by atoms with Gasteiger partial charge in [-0.1, -0.05) is 0 Å². The Balaban J connectivity index is 2.35. The second-order valence-electron chi connectivity index (χ2n) is 3.55. The average molecular weight is 258 g/mol. The lowest BCUT2D eigenvalue weighted by atomic mass is 10.1. The lowest BCUT2D eigenvalue weighted by molar-refractivity contribution is 0.107. The van der Waals surface area contributed by atoms with Crippen molar-refractivity contribution in [3.8, 4) is 0 Å². The number of carbonyl (C=O) groups excluding carboxylic acids is 1. The van der Waals surface area contributed by atoms with Crippen LogP contribution in [0.2, 0.25) is 0 Å². The minimum Gasteiger partial charge on any atom is -0.450 e. The number of nitrogens with zero attached hydrogens (tertiary/aromatic N) is 2. The molecule has 1 amide bonds. The molecular weight excluding hydrogens is 240 g/mol. The van der Waals surface area contributed by atoms with E-state index in [1.807, 2.05) is 0 Å². The van der Waals surface area contributed by atoms with E-state index in [0.717, 1.165) is 18.6 Å². The number of hydrazone groups is 1. The Labute approximate surface area is 106 Å². The third kappa shape index (κ3) is 4.56. The predicted octanol–water partition coefficient (Wildman–Crippen LogP) is 0.689. The summed E-state index contributed by atoms with van der Waals surface area (Å²) in [6.07, 6.45) is 1.25. The van der Waals surface area contributed by atoms with Crippen LogP contribution in [0.1, 0.15) is 19.8 Å². The van der Waals surface area contributed by atoms with E-state index in [4.69, 9.17) is 17.0 Å². The summed E-state index contributed by atoms with van der Waals surface area (Å²) < 4.78 is 4.93. The van der Waals surface area contributed by atoms with Crippen LogP contribution in [0.25, 0.3) is 0 Å². The number of hydrogen-bond donors (Lipinski definition) is 2. The zero-order valence-electron chi connectivity index (χ0n) is 10.2. The number of thiocarbonyl (C=S) groups is 1. The Bertz CT molecular complexity index is 309. The van der Waals surface area contributed by atoms with Gasteiger partial charge in [-0.25, -0.2) is 4.79 Å². The minimum atomic E-state index is -0.245. The molecule has 0 aromatic carbocycles. The van der Waals surface area contributed by atoms with Crippen LogP contribution in [0.5, 0.6) is 0 Å². The molecule has 1 heterocycles. The summed E-state index contributed by atoms with van der Waals surface area (Å²) in [5.74, 6) is 0. The molecule has 96 valence electrons. The molecule has 1 saturated heterocycles. The number of nitrogens with one attached hydrogen (secondary N) is 2. The van der Waals surface area contributed by atoms with E-state index in [1.54, 1.807) is 18.9 Å². The molecule has 0 aromatic heterocycles. The first kappa shape index (κ1) is 13.7. The standard InChI is InChI=1S/C10H18N4O2S/c1-3-16-10(15)14-6-4-8(5-7-14)12-13-9(17)11-2/h3-7H2,1-2H3,(H2,11,13,17). The molecule has 0 atom stereocenters. The summed E-state index contributed by atoms with van der Waals surface area (Å²) >= 11 is 4.91. The lowest BCUT2D eigenvalue weighted by Gasteiger charge is -2.26. The number of ether oxygens (including phenoxy) is 1. The van der Waals surface area contributed by atoms with E-state index in [9.17, 15) is 4.79 Å². The highest BCUT2D eigenvalue weighted by molar-refractivity contribution is 7.80. The zero-order valence-corrected chi connectivity index (χ0v) is 11.0. The summed E-state index contributed by atoms with van der Waals surface area (Å²) in [6, 6.07) is 0. The largest absolute Gasteiger partial charge is 0.450 e. The first-order chi connectivity index (χ1) is 8.17. The Kier molecular flexibility index (Phi) is 5.68. The number of likely N-dealkylation sites (tertiary alicyclic amines) is 1. The summed E-state index contributed by atoms with van der Waals surface area (Å²) in [6.45, 7) is 3.50. The van der Waals surface area contributed by atoms with Gasteiger partial charge in [0.1, 0.15) is 0 Å². The van der Waals surface area contributed by atoms with Gasteiger partial charge >= 0.3 is 6.09 Å². The number of hydrogen-bond acceptors (Lipinski definition) is 4. The molecule has 0 spiro atoms. The number of carbonyl (C=O) groups is 1. The zero-order chi connectivity index (χ0) is 12.7. The van der Waals surface area contributed by atoms with Gasteiger partial charge in [0.15, 0.2) is 5.11 Å². The van der Waals surface area contributed by atoms with E-state index >= 15 is 0 Å². The predicted molar refractivity (Wildman–Crippen MR) is 70.1 cm³/mol. The Morgan fingerprint density at radius 2 is 2.18 bits per heavy atom. The third-order valence-corrected chi connectivity index (χ3v) is 2.70. The van der Waals surface area contributed by atoms with Crippen molar-refractivity contribution in [2.75, 3.05) is 26.7 Å². The van der Waals surface area contributed by atoms with Crippen LogP contribution in [0.3, 0.4) is 0 Å². The fourth-order valence-corrected chi connectivity index (χ4v) is 1.51. The molecular formula is C10H18N4O2S. The average Bonchev–Trinajstić information content (AvgIpc) is 2.36. The van der Waals surface area contributed by atoms with Crippen LogP contribution >= 0.6 is 12.2 Å². The van der Waals surface area contributed by atoms with Crippen molar-refractivity contribution in [1.82, 2.24) is 15.6 Å². The van der Waals surface area contributed by atoms with Gasteiger partial charge in [0.2, 0.25) is 0 Å². The SMILES string of the molecule is CCOC(=O)N1CCC(=NNC(=S)NC)CC1. The quantitative estimate of drug-likeness (QED) is 0.563. The first-order valence-electron chi connectivity index (χ1n) is 5.62. The lowest BCUT2D eigenvalue weighted by Crippen LogP contribution is -2.40. The van der Waals surface area contributed by atoms with Crippen LogP contribution in [0.4, 0.5) is 4.79 Å². The van der Waals surface area contributed by atoms with Crippen molar-refractivity contribution in [3.63, 3.8) is 0 Å². The normalized spacial score (nSPS) is 15.2. The van der Waals surface area contributed by atoms with Crippen molar-refractivity contribution < 1.29 is 9.53 Å². The van der Waals surface area contributed by atoms with Crippen molar-refractivity contribution in [2.45, 2.75) is 19.8 Å². The fourth-order valence-electron chi connectivity index (χ4n) is 1.46. The Hall–Kier alpha value is -1.37. The Morgan fingerprint density at radius 1 is 1.53 bits per heavy atom. The molecule has 6 nitrogen and oxygen atoms in total. The molecule has 0 aromatic rings. The van der Waals surface area contributed by atoms with Gasteiger partial charge in [0.25, 0.3) is 0 Å². The van der Waals surface area contributed by atoms with Gasteiger partial charge in [-0.2, -0.15) is 5.10 Å². The fraction of sp³-hybridized carbons (Fsp3) is 0.700. The summed E-state index contributed by atoms with van der Waals surface area (Å²) in [7, 11) is 1.73. The molecule has 2 N–H and O–H groups in total. The molecule has 1 rings (SSSR count). The van der Waals surface area contributed by atoms with Crippen molar-refractivity contribution in [3.05, 3.63) is 0 Å². The molecule has 1 fully saturated rings. The van der Waals surface area contributed by atoms with Crippen LogP contribution in [0, 0.1) is 0 Å². The highest BCUT2D eigenvalue weighted by atomic mass is 32.1. The molecule has 0 saturated carbocycles. The topological polar surface area (TPSA) is 66.0 Å². The summed E-state index contributed by atoms with van der Waals surface area (Å²) in [4.78, 5) is 13.1. The second kappa shape index (κ2) is 7.05. The van der Waals surface area contributed by atoms with Crippen LogP contribution in [-0.4, -0.2) is 48.6 Å². The summed E-state index contributed by atoms with van der Waals surface area (Å²) in [5.41, 5.74) is 3.76. The van der Waals surface area contributed by atoms with Crippen LogP contribution in [-0.2, 0) is 4.74 Å². The number of piperidine rings is 1. The molecule has 0 bridgehead atoms. The van der Waals surface area contributed by atoms with Crippen LogP contribution < -0.4 is 10.7 Å². The maximum atomic E-state index is 11.4. The third-order valence-electron chi connectivity index (χ3n) is 2.41. The molecule has 1 aliphatic rings.